The number of aromatic nitrogens is 7. The van der Waals surface area contributed by atoms with Gasteiger partial charge in [-0.15, -0.1) is 10.2 Å². The van der Waals surface area contributed by atoms with Crippen LogP contribution in [-0.2, 0) is 16.0 Å². The Morgan fingerprint density at radius 1 is 1.32 bits per heavy atom. The Hall–Kier alpha value is -5.16. The molecule has 0 spiro atoms. The minimum Gasteiger partial charge on any atom is -0.480 e. The lowest BCUT2D eigenvalue weighted by Gasteiger charge is -2.24. The highest BCUT2D eigenvalue weighted by Gasteiger charge is 2.29. The lowest BCUT2D eigenvalue weighted by Crippen LogP contribution is -2.42. The number of carbonyl (C=O) groups is 3. The number of nitrogen functional groups attached to an aromatic ring is 2. The van der Waals surface area contributed by atoms with Crippen molar-refractivity contribution in [3.05, 3.63) is 34.3 Å². The standard InChI is InChI=1S/C16H17FN12O5/c17-7-3-6(21-16(34)22-10-11(18)23-15(19)24-13(10)31)4-20-12(7)29(5-30)8(14(32)33)1-2-9-25-27-28-26-9/h3-5,8H,1-2H2,(H,32,33)(H2,21,22,34)(H,25,26,27,28)(H5,18,19,23,24,31)/t8-/m0/s1. The van der Waals surface area contributed by atoms with E-state index in [4.69, 9.17) is 11.5 Å². The average molecular weight is 476 g/mol. The second kappa shape index (κ2) is 9.97. The number of tetrazole rings is 1. The number of nitrogens with two attached hydrogens (primary N) is 2. The van der Waals surface area contributed by atoms with Gasteiger partial charge in [-0.3, -0.25) is 24.8 Å². The molecule has 34 heavy (non-hydrogen) atoms. The first-order valence-corrected chi connectivity index (χ1v) is 9.27. The third-order valence-corrected chi connectivity index (χ3v) is 4.29. The Morgan fingerprint density at radius 3 is 2.68 bits per heavy atom. The Morgan fingerprint density at radius 2 is 2.09 bits per heavy atom. The predicted molar refractivity (Wildman–Crippen MR) is 113 cm³/mol. The fourth-order valence-corrected chi connectivity index (χ4v) is 2.80. The molecule has 3 amide bonds. The van der Waals surface area contributed by atoms with Gasteiger partial charge >= 0.3 is 12.0 Å². The van der Waals surface area contributed by atoms with Crippen LogP contribution in [-0.4, -0.2) is 65.1 Å². The molecule has 3 heterocycles. The van der Waals surface area contributed by atoms with Crippen LogP contribution in [0.15, 0.2) is 17.1 Å². The zero-order valence-corrected chi connectivity index (χ0v) is 17.0. The smallest absolute Gasteiger partial charge is 0.326 e. The van der Waals surface area contributed by atoms with Crippen molar-refractivity contribution in [2.45, 2.75) is 18.9 Å². The highest BCUT2D eigenvalue weighted by Crippen LogP contribution is 2.22. The SMILES string of the molecule is Nc1nc(N)c(NC(=O)Nc2cnc(N(C=O)[C@@H](CCc3nn[nH]n3)C(=O)O)c(F)c2)c(=O)[nH]1. The summed E-state index contributed by atoms with van der Waals surface area (Å²) in [6.07, 6.45) is 0.953. The number of aliphatic carboxylic acids is 1. The van der Waals surface area contributed by atoms with E-state index >= 15 is 0 Å². The number of nitrogens with zero attached hydrogens (tertiary/aromatic N) is 6. The summed E-state index contributed by atoms with van der Waals surface area (Å²) >= 11 is 0. The number of urea groups is 1. The Balaban J connectivity index is 1.74. The maximum absolute atomic E-state index is 14.7. The molecule has 0 unspecified atom stereocenters. The largest absolute Gasteiger partial charge is 0.480 e. The van der Waals surface area contributed by atoms with Crippen LogP contribution < -0.4 is 32.6 Å². The number of aryl methyl sites for hydroxylation is 1. The van der Waals surface area contributed by atoms with E-state index in [0.717, 1.165) is 12.3 Å². The molecule has 0 saturated heterocycles. The monoisotopic (exact) mass is 476 g/mol. The summed E-state index contributed by atoms with van der Waals surface area (Å²) in [5.41, 5.74) is 9.48. The van der Waals surface area contributed by atoms with E-state index in [9.17, 15) is 28.7 Å². The molecule has 0 aromatic carbocycles. The maximum atomic E-state index is 14.7. The number of pyridine rings is 1. The predicted octanol–water partition coefficient (Wildman–Crippen LogP) is -1.33. The molecule has 9 N–H and O–H groups in total. The molecular weight excluding hydrogens is 459 g/mol. The molecule has 18 heteroatoms. The van der Waals surface area contributed by atoms with Crippen LogP contribution in [0.4, 0.5) is 38.1 Å². The number of hydrogen-bond donors (Lipinski definition) is 7. The highest BCUT2D eigenvalue weighted by atomic mass is 19.1. The number of hydrogen-bond acceptors (Lipinski definition) is 11. The summed E-state index contributed by atoms with van der Waals surface area (Å²) in [6.45, 7) is 0. The first kappa shape index (κ1) is 23.5. The number of H-pyrrole nitrogens is 2. The van der Waals surface area contributed by atoms with Crippen molar-refractivity contribution >= 4 is 47.4 Å². The van der Waals surface area contributed by atoms with Crippen molar-refractivity contribution < 1.29 is 23.9 Å². The van der Waals surface area contributed by atoms with Gasteiger partial charge in [-0.2, -0.15) is 10.2 Å². The van der Waals surface area contributed by atoms with Gasteiger partial charge in [-0.25, -0.2) is 19.0 Å². The molecule has 178 valence electrons. The molecule has 0 fully saturated rings. The van der Waals surface area contributed by atoms with Crippen molar-refractivity contribution in [3.63, 3.8) is 0 Å². The van der Waals surface area contributed by atoms with Gasteiger partial charge in [0.15, 0.2) is 29.0 Å². The molecule has 0 aliphatic heterocycles. The molecule has 0 radical (unpaired) electrons. The number of nitrogens with one attached hydrogen (secondary N) is 4. The van der Waals surface area contributed by atoms with E-state index < -0.39 is 40.9 Å². The highest BCUT2D eigenvalue weighted by molar-refractivity contribution is 6.01. The second-order valence-electron chi connectivity index (χ2n) is 6.55. The molecule has 0 aliphatic rings. The van der Waals surface area contributed by atoms with Crippen LogP contribution in [0, 0.1) is 5.82 Å². The summed E-state index contributed by atoms with van der Waals surface area (Å²) in [6, 6.07) is -1.69. The molecule has 0 saturated carbocycles. The zero-order chi connectivity index (χ0) is 24.8. The van der Waals surface area contributed by atoms with Gasteiger partial charge in [0.2, 0.25) is 12.4 Å². The molecule has 3 aromatic rings. The first-order valence-electron chi connectivity index (χ1n) is 9.27. The van der Waals surface area contributed by atoms with E-state index in [1.165, 1.54) is 0 Å². The van der Waals surface area contributed by atoms with Gasteiger partial charge in [-0.1, -0.05) is 5.21 Å². The molecule has 1 atom stereocenters. The first-order chi connectivity index (χ1) is 16.2. The van der Waals surface area contributed by atoms with Gasteiger partial charge in [0.25, 0.3) is 5.56 Å². The normalized spacial score (nSPS) is 11.4. The third kappa shape index (κ3) is 5.36. The van der Waals surface area contributed by atoms with Crippen LogP contribution in [0.25, 0.3) is 0 Å². The number of aromatic amines is 2. The summed E-state index contributed by atoms with van der Waals surface area (Å²) in [4.78, 5) is 57.3. The maximum Gasteiger partial charge on any atom is 0.326 e. The fraction of sp³-hybridized carbons (Fsp3) is 0.188. The Labute approximate surface area is 187 Å². The van der Waals surface area contributed by atoms with E-state index in [1.807, 2.05) is 0 Å². The van der Waals surface area contributed by atoms with Gasteiger partial charge in [0, 0.05) is 12.5 Å². The summed E-state index contributed by atoms with van der Waals surface area (Å²) in [7, 11) is 0. The van der Waals surface area contributed by atoms with Crippen molar-refractivity contribution in [3.8, 4) is 0 Å². The van der Waals surface area contributed by atoms with Crippen molar-refractivity contribution in [1.29, 1.82) is 0 Å². The van der Waals surface area contributed by atoms with Crippen LogP contribution in [0.5, 0.6) is 0 Å². The number of amides is 3. The van der Waals surface area contributed by atoms with Gasteiger partial charge in [0.1, 0.15) is 6.04 Å². The quantitative estimate of drug-likeness (QED) is 0.177. The number of carboxylic acid groups (broad SMARTS) is 1. The number of carbonyl (C=O) groups excluding carboxylic acids is 2. The van der Waals surface area contributed by atoms with Gasteiger partial charge < -0.3 is 21.9 Å². The average Bonchev–Trinajstić information content (AvgIpc) is 3.28. The van der Waals surface area contributed by atoms with Gasteiger partial charge in [0.05, 0.1) is 11.9 Å². The number of anilines is 5. The lowest BCUT2D eigenvalue weighted by atomic mass is 10.1. The van der Waals surface area contributed by atoms with E-state index in [-0.39, 0.29) is 42.5 Å². The third-order valence-electron chi connectivity index (χ3n) is 4.29. The van der Waals surface area contributed by atoms with Crippen molar-refractivity contribution in [2.75, 3.05) is 27.0 Å². The molecule has 3 aromatic heterocycles. The van der Waals surface area contributed by atoms with Gasteiger partial charge in [-0.05, 0) is 6.42 Å². The summed E-state index contributed by atoms with van der Waals surface area (Å²) < 4.78 is 14.7. The molecule has 3 rings (SSSR count). The van der Waals surface area contributed by atoms with Crippen LogP contribution in [0.2, 0.25) is 0 Å². The molecule has 17 nitrogen and oxygen atoms in total. The fourth-order valence-electron chi connectivity index (χ4n) is 2.80. The molecule has 0 aliphatic carbocycles. The van der Waals surface area contributed by atoms with Crippen LogP contribution in [0.1, 0.15) is 12.2 Å². The lowest BCUT2D eigenvalue weighted by molar-refractivity contribution is -0.139. The van der Waals surface area contributed by atoms with Crippen LogP contribution >= 0.6 is 0 Å². The second-order valence-corrected chi connectivity index (χ2v) is 6.55. The van der Waals surface area contributed by atoms with E-state index in [1.54, 1.807) is 0 Å². The van der Waals surface area contributed by atoms with E-state index in [2.05, 4.69) is 46.2 Å². The number of carboxylic acids is 1. The van der Waals surface area contributed by atoms with Crippen molar-refractivity contribution in [1.82, 2.24) is 35.6 Å². The Kier molecular flexibility index (Phi) is 6.89. The molecule has 0 bridgehead atoms. The minimum atomic E-state index is -1.49. The Bertz CT molecular complexity index is 1260. The number of halogens is 1. The topological polar surface area (TPSA) is 264 Å². The summed E-state index contributed by atoms with van der Waals surface area (Å²) in [5.74, 6) is -3.53. The summed E-state index contributed by atoms with van der Waals surface area (Å²) in [5, 5.41) is 26.8. The van der Waals surface area contributed by atoms with Crippen molar-refractivity contribution in [2.24, 2.45) is 0 Å². The zero-order valence-electron chi connectivity index (χ0n) is 17.0. The molecular formula is C16H17FN12O5. The minimum absolute atomic E-state index is 0.0293. The number of rotatable bonds is 9. The van der Waals surface area contributed by atoms with Crippen LogP contribution in [0.3, 0.4) is 0 Å². The van der Waals surface area contributed by atoms with E-state index in [0.29, 0.717) is 4.90 Å².